The lowest BCUT2D eigenvalue weighted by atomic mass is 10.1. The first-order valence-electron chi connectivity index (χ1n) is 8.35. The summed E-state index contributed by atoms with van der Waals surface area (Å²) in [5, 5.41) is 14.1. The number of hydrogen-bond acceptors (Lipinski definition) is 5. The molecule has 1 heterocycles. The number of aromatic nitrogens is 4. The summed E-state index contributed by atoms with van der Waals surface area (Å²) in [6.45, 7) is 5.01. The number of tetrazole rings is 1. The Morgan fingerprint density at radius 2 is 1.89 bits per heavy atom. The molecule has 0 bridgehead atoms. The number of nitrogens with zero attached hydrogens (tertiary/aromatic N) is 5. The maximum Gasteiger partial charge on any atom is 0.416 e. The lowest BCUT2D eigenvalue weighted by molar-refractivity contribution is -0.137. The van der Waals surface area contributed by atoms with Crippen molar-refractivity contribution in [1.29, 1.82) is 0 Å². The topological polar surface area (TPSA) is 93.0 Å². The van der Waals surface area contributed by atoms with Gasteiger partial charge in [-0.25, -0.2) is 0 Å². The molecule has 2 aromatic rings. The molecule has 0 fully saturated rings. The number of rotatable bonds is 5. The van der Waals surface area contributed by atoms with E-state index in [2.05, 4.69) is 20.7 Å². The molecule has 0 unspecified atom stereocenters. The summed E-state index contributed by atoms with van der Waals surface area (Å²) < 4.78 is 38.4. The highest BCUT2D eigenvalue weighted by atomic mass is 19.4. The number of nitrogens with one attached hydrogen (secondary N) is 1. The summed E-state index contributed by atoms with van der Waals surface area (Å²) in [4.78, 5) is 26.3. The van der Waals surface area contributed by atoms with Crippen LogP contribution in [0.4, 0.5) is 13.2 Å². The molecule has 28 heavy (non-hydrogen) atoms. The van der Waals surface area contributed by atoms with Crippen molar-refractivity contribution in [3.63, 3.8) is 0 Å². The van der Waals surface area contributed by atoms with Crippen LogP contribution in [0.1, 0.15) is 26.3 Å². The Morgan fingerprint density at radius 3 is 2.50 bits per heavy atom. The van der Waals surface area contributed by atoms with Gasteiger partial charge in [-0.15, -0.1) is 10.2 Å². The molecule has 0 atom stereocenters. The second kappa shape index (κ2) is 7.95. The van der Waals surface area contributed by atoms with E-state index in [4.69, 9.17) is 0 Å². The number of hydrogen-bond donors (Lipinski definition) is 1. The molecule has 0 aliphatic heterocycles. The van der Waals surface area contributed by atoms with Crippen molar-refractivity contribution in [2.45, 2.75) is 39.0 Å². The Balaban J connectivity index is 2.03. The molecule has 1 aromatic carbocycles. The van der Waals surface area contributed by atoms with Gasteiger partial charge in [-0.05, 0) is 38.1 Å². The Morgan fingerprint density at radius 1 is 1.21 bits per heavy atom. The molecule has 2 amide bonds. The largest absolute Gasteiger partial charge is 0.416 e. The summed E-state index contributed by atoms with van der Waals surface area (Å²) >= 11 is 0. The van der Waals surface area contributed by atoms with Gasteiger partial charge in [0, 0.05) is 18.2 Å². The van der Waals surface area contributed by atoms with Gasteiger partial charge >= 0.3 is 6.18 Å². The van der Waals surface area contributed by atoms with Crippen LogP contribution in [0.5, 0.6) is 0 Å². The predicted molar refractivity (Wildman–Crippen MR) is 93.8 cm³/mol. The number of carbonyl (C=O) groups excluding carboxylic acids is 2. The zero-order valence-electron chi connectivity index (χ0n) is 15.9. The SMILES string of the molecule is CN(CC(=O)NC(C)(C)C)C(=O)Cn1nnc(-c2cccc(C(F)(F)F)c2)n1. The first-order valence-corrected chi connectivity index (χ1v) is 8.35. The van der Waals surface area contributed by atoms with Crippen molar-refractivity contribution in [3.05, 3.63) is 29.8 Å². The molecular formula is C17H21F3N6O2. The van der Waals surface area contributed by atoms with Crippen LogP contribution in [0.2, 0.25) is 0 Å². The zero-order chi connectivity index (χ0) is 21.1. The third-order valence-electron chi connectivity index (χ3n) is 3.50. The molecule has 0 radical (unpaired) electrons. The van der Waals surface area contributed by atoms with Crippen LogP contribution in [0.25, 0.3) is 11.4 Å². The number of carbonyl (C=O) groups is 2. The molecule has 0 saturated carbocycles. The van der Waals surface area contributed by atoms with E-state index in [0.29, 0.717) is 0 Å². The van der Waals surface area contributed by atoms with Crippen molar-refractivity contribution >= 4 is 11.8 Å². The first-order chi connectivity index (χ1) is 12.8. The average molecular weight is 398 g/mol. The van der Waals surface area contributed by atoms with Gasteiger partial charge in [-0.2, -0.15) is 18.0 Å². The highest BCUT2D eigenvalue weighted by Crippen LogP contribution is 2.31. The quantitative estimate of drug-likeness (QED) is 0.828. The Bertz CT molecular complexity index is 857. The van der Waals surface area contributed by atoms with E-state index in [1.807, 2.05) is 20.8 Å². The van der Waals surface area contributed by atoms with Gasteiger partial charge in [-0.3, -0.25) is 9.59 Å². The summed E-state index contributed by atoms with van der Waals surface area (Å²) in [5.41, 5.74) is -1.12. The molecule has 0 aliphatic carbocycles. The van der Waals surface area contributed by atoms with Crippen LogP contribution in [0, 0.1) is 0 Å². The van der Waals surface area contributed by atoms with Gasteiger partial charge < -0.3 is 10.2 Å². The third kappa shape index (κ3) is 6.03. The van der Waals surface area contributed by atoms with Crippen LogP contribution in [0.3, 0.4) is 0 Å². The molecule has 152 valence electrons. The fraction of sp³-hybridized carbons (Fsp3) is 0.471. The first kappa shape index (κ1) is 21.3. The second-order valence-corrected chi connectivity index (χ2v) is 7.27. The highest BCUT2D eigenvalue weighted by Gasteiger charge is 2.30. The van der Waals surface area contributed by atoms with Gasteiger partial charge in [-0.1, -0.05) is 12.1 Å². The summed E-state index contributed by atoms with van der Waals surface area (Å²) in [5.74, 6) is -0.802. The number of likely N-dealkylation sites (N-methyl/N-ethyl adjacent to an activating group) is 1. The zero-order valence-corrected chi connectivity index (χ0v) is 15.9. The molecular weight excluding hydrogens is 377 g/mol. The molecule has 0 spiro atoms. The van der Waals surface area contributed by atoms with Gasteiger partial charge in [0.25, 0.3) is 0 Å². The average Bonchev–Trinajstić information content (AvgIpc) is 3.00. The van der Waals surface area contributed by atoms with Crippen LogP contribution in [0.15, 0.2) is 24.3 Å². The van der Waals surface area contributed by atoms with Crippen molar-refractivity contribution < 1.29 is 22.8 Å². The molecule has 1 N–H and O–H groups in total. The van der Waals surface area contributed by atoms with Gasteiger partial charge in [0.05, 0.1) is 12.1 Å². The van der Waals surface area contributed by atoms with Gasteiger partial charge in [0.15, 0.2) is 0 Å². The third-order valence-corrected chi connectivity index (χ3v) is 3.50. The maximum absolute atomic E-state index is 12.8. The van der Waals surface area contributed by atoms with Crippen LogP contribution < -0.4 is 5.32 Å². The van der Waals surface area contributed by atoms with Crippen LogP contribution >= 0.6 is 0 Å². The molecule has 8 nitrogen and oxygen atoms in total. The minimum absolute atomic E-state index is 0.0352. The minimum atomic E-state index is -4.49. The maximum atomic E-state index is 12.8. The predicted octanol–water partition coefficient (Wildman–Crippen LogP) is 1.73. The minimum Gasteiger partial charge on any atom is -0.350 e. The van der Waals surface area contributed by atoms with E-state index in [-0.39, 0.29) is 30.4 Å². The van der Waals surface area contributed by atoms with E-state index in [1.54, 1.807) is 0 Å². The molecule has 11 heteroatoms. The van der Waals surface area contributed by atoms with E-state index < -0.39 is 23.2 Å². The summed E-state index contributed by atoms with van der Waals surface area (Å²) in [6, 6.07) is 4.51. The Hall–Kier alpha value is -2.98. The Kier molecular flexibility index (Phi) is 6.05. The van der Waals surface area contributed by atoms with Crippen molar-refractivity contribution in [3.8, 4) is 11.4 Å². The fourth-order valence-corrected chi connectivity index (χ4v) is 2.26. The molecule has 2 rings (SSSR count). The Labute approximate surface area is 159 Å². The van der Waals surface area contributed by atoms with E-state index in [0.717, 1.165) is 16.9 Å². The van der Waals surface area contributed by atoms with Crippen molar-refractivity contribution in [2.24, 2.45) is 0 Å². The number of benzene rings is 1. The van der Waals surface area contributed by atoms with E-state index in [9.17, 15) is 22.8 Å². The molecule has 0 saturated heterocycles. The normalized spacial score (nSPS) is 12.0. The lowest BCUT2D eigenvalue weighted by Crippen LogP contribution is -2.46. The number of halogens is 3. The molecule has 1 aromatic heterocycles. The van der Waals surface area contributed by atoms with Gasteiger partial charge in [0.2, 0.25) is 17.6 Å². The van der Waals surface area contributed by atoms with E-state index >= 15 is 0 Å². The van der Waals surface area contributed by atoms with Gasteiger partial charge in [0.1, 0.15) is 6.54 Å². The van der Waals surface area contributed by atoms with Crippen molar-refractivity contribution in [2.75, 3.05) is 13.6 Å². The number of amides is 2. The monoisotopic (exact) mass is 398 g/mol. The van der Waals surface area contributed by atoms with Crippen LogP contribution in [-0.2, 0) is 22.3 Å². The lowest BCUT2D eigenvalue weighted by Gasteiger charge is -2.23. The summed E-state index contributed by atoms with van der Waals surface area (Å²) in [7, 11) is 1.45. The number of alkyl halides is 3. The smallest absolute Gasteiger partial charge is 0.350 e. The standard InChI is InChI=1S/C17H21F3N6O2/c1-16(2,3)21-13(27)9-25(4)14(28)10-26-23-15(22-24-26)11-6-5-7-12(8-11)17(18,19)20/h5-8H,9-10H2,1-4H3,(H,21,27). The van der Waals surface area contributed by atoms with E-state index in [1.165, 1.54) is 24.1 Å². The summed E-state index contributed by atoms with van der Waals surface area (Å²) in [6.07, 6.45) is -4.49. The van der Waals surface area contributed by atoms with Crippen LogP contribution in [-0.4, -0.2) is 56.1 Å². The second-order valence-electron chi connectivity index (χ2n) is 7.27. The molecule has 0 aliphatic rings. The fourth-order valence-electron chi connectivity index (χ4n) is 2.26. The van der Waals surface area contributed by atoms with Crippen molar-refractivity contribution in [1.82, 2.24) is 30.4 Å². The highest BCUT2D eigenvalue weighted by molar-refractivity contribution is 5.84.